The number of ether oxygens (including phenoxy) is 2. The third kappa shape index (κ3) is 14.0. The van der Waals surface area contributed by atoms with Gasteiger partial charge in [-0.1, -0.05) is 20.8 Å². The van der Waals surface area contributed by atoms with Gasteiger partial charge in [-0.25, -0.2) is 0 Å². The Bertz CT molecular complexity index is 305. The summed E-state index contributed by atoms with van der Waals surface area (Å²) in [6, 6.07) is 0. The fourth-order valence-corrected chi connectivity index (χ4v) is 3.23. The molecule has 1 heterocycles. The summed E-state index contributed by atoms with van der Waals surface area (Å²) < 4.78 is 11.6. The van der Waals surface area contributed by atoms with Crippen LogP contribution in [-0.2, 0) is 9.47 Å². The lowest BCUT2D eigenvalue weighted by molar-refractivity contribution is -0.00500. The van der Waals surface area contributed by atoms with Crippen molar-refractivity contribution in [3.63, 3.8) is 0 Å². The second kappa shape index (κ2) is 12.3. The first kappa shape index (κ1) is 23.9. The molecule has 0 unspecified atom stereocenters. The molecule has 1 rings (SSSR count). The quantitative estimate of drug-likeness (QED) is 0.474. The summed E-state index contributed by atoms with van der Waals surface area (Å²) in [5.74, 6) is 0. The van der Waals surface area contributed by atoms with E-state index >= 15 is 0 Å². The molecule has 1 aliphatic heterocycles. The van der Waals surface area contributed by atoms with Crippen LogP contribution in [0.25, 0.3) is 0 Å². The SMILES string of the molecule is CC(C)(C)CCCOCCN1CCN(CCCCCOC(C)(C)C)CC1. The molecule has 0 N–H and O–H groups in total. The summed E-state index contributed by atoms with van der Waals surface area (Å²) in [4.78, 5) is 5.17. The van der Waals surface area contributed by atoms with Gasteiger partial charge in [-0.2, -0.15) is 0 Å². The Labute approximate surface area is 163 Å². The van der Waals surface area contributed by atoms with Gasteiger partial charge in [0.05, 0.1) is 12.2 Å². The third-order valence-electron chi connectivity index (χ3n) is 4.89. The highest BCUT2D eigenvalue weighted by Gasteiger charge is 2.16. The number of unbranched alkanes of at least 4 members (excludes halogenated alkanes) is 2. The van der Waals surface area contributed by atoms with Gasteiger partial charge < -0.3 is 14.4 Å². The molecule has 0 aromatic heterocycles. The lowest BCUT2D eigenvalue weighted by Crippen LogP contribution is -2.47. The van der Waals surface area contributed by atoms with Crippen LogP contribution < -0.4 is 0 Å². The summed E-state index contributed by atoms with van der Waals surface area (Å²) in [7, 11) is 0. The summed E-state index contributed by atoms with van der Waals surface area (Å²) in [6.45, 7) is 23.1. The fraction of sp³-hybridized carbons (Fsp3) is 1.00. The van der Waals surface area contributed by atoms with Crippen LogP contribution in [-0.4, -0.2) is 74.5 Å². The number of piperazine rings is 1. The Morgan fingerprint density at radius 2 is 1.27 bits per heavy atom. The highest BCUT2D eigenvalue weighted by atomic mass is 16.5. The maximum absolute atomic E-state index is 5.82. The van der Waals surface area contributed by atoms with E-state index in [0.717, 1.165) is 26.4 Å². The Hall–Kier alpha value is -0.160. The highest BCUT2D eigenvalue weighted by molar-refractivity contribution is 4.72. The van der Waals surface area contributed by atoms with Crippen LogP contribution >= 0.6 is 0 Å². The van der Waals surface area contributed by atoms with Crippen molar-refractivity contribution >= 4 is 0 Å². The molecule has 1 saturated heterocycles. The second-order valence-corrected chi connectivity index (χ2v) is 9.98. The van der Waals surface area contributed by atoms with Gasteiger partial charge in [0.2, 0.25) is 0 Å². The molecule has 0 atom stereocenters. The van der Waals surface area contributed by atoms with Crippen LogP contribution in [0.1, 0.15) is 73.6 Å². The molecule has 0 radical (unpaired) electrons. The van der Waals surface area contributed by atoms with Crippen LogP contribution in [0, 0.1) is 5.41 Å². The van der Waals surface area contributed by atoms with Crippen LogP contribution in [0.3, 0.4) is 0 Å². The van der Waals surface area contributed by atoms with Crippen LogP contribution in [0.2, 0.25) is 0 Å². The predicted molar refractivity (Wildman–Crippen MR) is 112 cm³/mol. The first-order valence-electron chi connectivity index (χ1n) is 10.8. The molecule has 4 nitrogen and oxygen atoms in total. The van der Waals surface area contributed by atoms with Gasteiger partial charge in [-0.3, -0.25) is 4.90 Å². The van der Waals surface area contributed by atoms with E-state index in [2.05, 4.69) is 51.3 Å². The van der Waals surface area contributed by atoms with E-state index in [0.29, 0.717) is 5.41 Å². The molecule has 0 aliphatic carbocycles. The van der Waals surface area contributed by atoms with Crippen molar-refractivity contribution in [3.8, 4) is 0 Å². The monoisotopic (exact) mass is 370 g/mol. The maximum atomic E-state index is 5.82. The van der Waals surface area contributed by atoms with E-state index in [1.54, 1.807) is 0 Å². The average Bonchev–Trinajstić information content (AvgIpc) is 2.53. The number of hydrogen-bond donors (Lipinski definition) is 0. The zero-order valence-electron chi connectivity index (χ0n) is 18.6. The summed E-state index contributed by atoms with van der Waals surface area (Å²) in [5, 5.41) is 0. The molecule has 0 saturated carbocycles. The summed E-state index contributed by atoms with van der Waals surface area (Å²) in [6.07, 6.45) is 6.18. The van der Waals surface area contributed by atoms with Crippen molar-refractivity contribution < 1.29 is 9.47 Å². The highest BCUT2D eigenvalue weighted by Crippen LogP contribution is 2.20. The minimum absolute atomic E-state index is 0.00658. The molecule has 156 valence electrons. The van der Waals surface area contributed by atoms with Crippen LogP contribution in [0.4, 0.5) is 0 Å². The van der Waals surface area contributed by atoms with Crippen molar-refractivity contribution in [2.45, 2.75) is 79.2 Å². The van der Waals surface area contributed by atoms with E-state index in [4.69, 9.17) is 9.47 Å². The Balaban J connectivity index is 1.92. The van der Waals surface area contributed by atoms with Gasteiger partial charge in [0.25, 0.3) is 0 Å². The molecule has 0 spiro atoms. The van der Waals surface area contributed by atoms with E-state index in [9.17, 15) is 0 Å². The normalized spacial score (nSPS) is 17.8. The number of hydrogen-bond acceptors (Lipinski definition) is 4. The molecule has 1 aliphatic rings. The largest absolute Gasteiger partial charge is 0.380 e. The molecular weight excluding hydrogens is 324 g/mol. The van der Waals surface area contributed by atoms with E-state index in [1.165, 1.54) is 64.8 Å². The van der Waals surface area contributed by atoms with Gasteiger partial charge >= 0.3 is 0 Å². The zero-order valence-corrected chi connectivity index (χ0v) is 18.6. The van der Waals surface area contributed by atoms with Crippen LogP contribution in [0.5, 0.6) is 0 Å². The standard InChI is InChI=1S/C22H46N2O2/c1-21(2,3)11-10-18-25-20-17-24-15-13-23(14-16-24)12-8-7-9-19-26-22(4,5)6/h7-20H2,1-6H3. The molecule has 4 heteroatoms. The van der Waals surface area contributed by atoms with Crippen LogP contribution in [0.15, 0.2) is 0 Å². The number of rotatable bonds is 12. The zero-order chi connectivity index (χ0) is 19.5. The van der Waals surface area contributed by atoms with Crippen molar-refractivity contribution in [2.24, 2.45) is 5.41 Å². The average molecular weight is 371 g/mol. The van der Waals surface area contributed by atoms with E-state index in [1.807, 2.05) is 0 Å². The predicted octanol–water partition coefficient (Wildman–Crippen LogP) is 4.43. The van der Waals surface area contributed by atoms with Gasteiger partial charge in [-0.05, 0) is 64.8 Å². The molecule has 0 aromatic carbocycles. The molecule has 0 bridgehead atoms. The van der Waals surface area contributed by atoms with E-state index < -0.39 is 0 Å². The smallest absolute Gasteiger partial charge is 0.0598 e. The lowest BCUT2D eigenvalue weighted by atomic mass is 9.91. The first-order valence-corrected chi connectivity index (χ1v) is 10.8. The second-order valence-electron chi connectivity index (χ2n) is 9.98. The van der Waals surface area contributed by atoms with Gasteiger partial charge in [0.15, 0.2) is 0 Å². The molecule has 0 amide bonds. The summed E-state index contributed by atoms with van der Waals surface area (Å²) in [5.41, 5.74) is 0.436. The maximum Gasteiger partial charge on any atom is 0.0598 e. The fourth-order valence-electron chi connectivity index (χ4n) is 3.23. The third-order valence-corrected chi connectivity index (χ3v) is 4.89. The Kier molecular flexibility index (Phi) is 11.3. The van der Waals surface area contributed by atoms with Crippen molar-refractivity contribution in [1.29, 1.82) is 0 Å². The van der Waals surface area contributed by atoms with Crippen molar-refractivity contribution in [1.82, 2.24) is 9.80 Å². The molecule has 1 fully saturated rings. The van der Waals surface area contributed by atoms with Crippen molar-refractivity contribution in [3.05, 3.63) is 0 Å². The van der Waals surface area contributed by atoms with Crippen molar-refractivity contribution in [2.75, 3.05) is 59.1 Å². The molecule has 0 aromatic rings. The lowest BCUT2D eigenvalue weighted by Gasteiger charge is -2.34. The van der Waals surface area contributed by atoms with Gasteiger partial charge in [0, 0.05) is 45.9 Å². The minimum Gasteiger partial charge on any atom is -0.380 e. The van der Waals surface area contributed by atoms with Gasteiger partial charge in [0.1, 0.15) is 0 Å². The molecular formula is C22H46N2O2. The Morgan fingerprint density at radius 3 is 1.85 bits per heavy atom. The topological polar surface area (TPSA) is 24.9 Å². The molecule has 26 heavy (non-hydrogen) atoms. The first-order chi connectivity index (χ1) is 12.2. The van der Waals surface area contributed by atoms with Gasteiger partial charge in [-0.15, -0.1) is 0 Å². The summed E-state index contributed by atoms with van der Waals surface area (Å²) >= 11 is 0. The Morgan fingerprint density at radius 1 is 0.654 bits per heavy atom. The minimum atomic E-state index is 0.00658. The van der Waals surface area contributed by atoms with E-state index in [-0.39, 0.29) is 5.60 Å². The number of nitrogens with zero attached hydrogens (tertiary/aromatic N) is 2.